The Hall–Kier alpha value is -3.30. The number of imidazole rings is 1. The summed E-state index contributed by atoms with van der Waals surface area (Å²) >= 11 is 0. The van der Waals surface area contributed by atoms with E-state index in [-0.39, 0.29) is 17.8 Å². The van der Waals surface area contributed by atoms with E-state index in [1.54, 1.807) is 12.1 Å². The number of halogens is 3. The minimum Gasteiger partial charge on any atom is -0.496 e. The molecule has 1 aromatic carbocycles. The highest BCUT2D eigenvalue weighted by Gasteiger charge is 2.39. The Morgan fingerprint density at radius 2 is 1.77 bits per heavy atom. The summed E-state index contributed by atoms with van der Waals surface area (Å²) in [4.78, 5) is 28.5. The Balaban J connectivity index is 2.24. The van der Waals surface area contributed by atoms with E-state index in [4.69, 9.17) is 4.74 Å². The van der Waals surface area contributed by atoms with Crippen molar-refractivity contribution in [2.45, 2.75) is 45.3 Å². The van der Waals surface area contributed by atoms with Crippen LogP contribution in [0.25, 0.3) is 5.65 Å². The third kappa shape index (κ3) is 3.89. The van der Waals surface area contributed by atoms with E-state index in [2.05, 4.69) is 4.98 Å². The standard InChI is InChI=1S/C21H22F3N3O4/c1-12-16(21(22,23)24)25-17-14(10-9-13-7-5-6-8-15(13)31-4)11-26(19(30)27(12)17)20(2,3)18(28)29/h5-8,11H,9-10H2,1-4H3,(H,28,29). The zero-order valence-electron chi connectivity index (χ0n) is 17.4. The van der Waals surface area contributed by atoms with Gasteiger partial charge in [0.1, 0.15) is 16.9 Å². The molecule has 166 valence electrons. The Morgan fingerprint density at radius 1 is 1.16 bits per heavy atom. The highest BCUT2D eigenvalue weighted by atomic mass is 19.4. The SMILES string of the molecule is COc1ccccc1CCc1cn(C(C)(C)C(=O)O)c(=O)n2c(C)c(C(F)(F)F)nc12. The second-order valence-electron chi connectivity index (χ2n) is 7.69. The second-order valence-corrected chi connectivity index (χ2v) is 7.69. The number of methoxy groups -OCH3 is 1. The number of alkyl halides is 3. The number of para-hydroxylation sites is 1. The van der Waals surface area contributed by atoms with Crippen LogP contribution in [-0.2, 0) is 29.4 Å². The first-order valence-corrected chi connectivity index (χ1v) is 9.46. The minimum absolute atomic E-state index is 0.137. The van der Waals surface area contributed by atoms with E-state index in [0.717, 1.165) is 21.5 Å². The van der Waals surface area contributed by atoms with Crippen molar-refractivity contribution in [3.05, 3.63) is 63.5 Å². The number of aryl methyl sites for hydroxylation is 3. The molecule has 0 radical (unpaired) electrons. The molecule has 2 heterocycles. The molecule has 0 aliphatic carbocycles. The largest absolute Gasteiger partial charge is 0.496 e. The van der Waals surface area contributed by atoms with Crippen molar-refractivity contribution in [3.63, 3.8) is 0 Å². The van der Waals surface area contributed by atoms with Crippen molar-refractivity contribution < 1.29 is 27.8 Å². The first-order chi connectivity index (χ1) is 14.4. The lowest BCUT2D eigenvalue weighted by Crippen LogP contribution is -2.45. The van der Waals surface area contributed by atoms with Gasteiger partial charge in [-0.1, -0.05) is 18.2 Å². The molecule has 0 fully saturated rings. The number of benzene rings is 1. The van der Waals surface area contributed by atoms with Crippen LogP contribution >= 0.6 is 0 Å². The highest BCUT2D eigenvalue weighted by molar-refractivity contribution is 5.75. The van der Waals surface area contributed by atoms with Gasteiger partial charge >= 0.3 is 17.8 Å². The molecule has 0 aliphatic rings. The predicted molar refractivity (Wildman–Crippen MR) is 107 cm³/mol. The topological polar surface area (TPSA) is 85.8 Å². The maximum atomic E-state index is 13.5. The Labute approximate surface area is 175 Å². The average Bonchev–Trinajstić information content (AvgIpc) is 3.06. The molecule has 0 aliphatic heterocycles. The fourth-order valence-electron chi connectivity index (χ4n) is 3.45. The lowest BCUT2D eigenvalue weighted by atomic mass is 10.0. The molecule has 0 amide bonds. The molecule has 3 rings (SSSR count). The van der Waals surface area contributed by atoms with Crippen LogP contribution in [0.4, 0.5) is 13.2 Å². The average molecular weight is 437 g/mol. The van der Waals surface area contributed by atoms with Gasteiger partial charge in [0.25, 0.3) is 0 Å². The summed E-state index contributed by atoms with van der Waals surface area (Å²) < 4.78 is 47.5. The van der Waals surface area contributed by atoms with Crippen LogP contribution in [0.5, 0.6) is 5.75 Å². The van der Waals surface area contributed by atoms with Crippen molar-refractivity contribution in [1.29, 1.82) is 0 Å². The number of aromatic nitrogens is 3. The molecule has 0 atom stereocenters. The van der Waals surface area contributed by atoms with Gasteiger partial charge in [-0.3, -0.25) is 4.57 Å². The molecule has 7 nitrogen and oxygen atoms in total. The summed E-state index contributed by atoms with van der Waals surface area (Å²) in [5, 5.41) is 9.58. The number of ether oxygens (including phenoxy) is 1. The first kappa shape index (κ1) is 22.4. The van der Waals surface area contributed by atoms with Crippen LogP contribution in [0.1, 0.15) is 36.4 Å². The number of aliphatic carboxylic acids is 1. The summed E-state index contributed by atoms with van der Waals surface area (Å²) in [6, 6.07) is 7.19. The number of carboxylic acids is 1. The maximum absolute atomic E-state index is 13.5. The third-order valence-electron chi connectivity index (χ3n) is 5.33. The molecular weight excluding hydrogens is 415 g/mol. The molecule has 3 aromatic rings. The lowest BCUT2D eigenvalue weighted by molar-refractivity contribution is -0.146. The van der Waals surface area contributed by atoms with Gasteiger partial charge in [0, 0.05) is 11.8 Å². The lowest BCUT2D eigenvalue weighted by Gasteiger charge is -2.24. The van der Waals surface area contributed by atoms with E-state index < -0.39 is 29.1 Å². The fraction of sp³-hybridized carbons (Fsp3) is 0.381. The van der Waals surface area contributed by atoms with Crippen LogP contribution in [0, 0.1) is 6.92 Å². The van der Waals surface area contributed by atoms with Gasteiger partial charge in [-0.2, -0.15) is 13.2 Å². The number of hydrogen-bond donors (Lipinski definition) is 1. The number of nitrogens with zero attached hydrogens (tertiary/aromatic N) is 3. The molecule has 2 aromatic heterocycles. The summed E-state index contributed by atoms with van der Waals surface area (Å²) in [6.45, 7) is 3.76. The van der Waals surface area contributed by atoms with Crippen molar-refractivity contribution >= 4 is 11.6 Å². The first-order valence-electron chi connectivity index (χ1n) is 9.46. The number of hydrogen-bond acceptors (Lipinski definition) is 4. The van der Waals surface area contributed by atoms with E-state index in [1.807, 2.05) is 12.1 Å². The normalized spacial score (nSPS) is 12.4. The number of carboxylic acid groups (broad SMARTS) is 1. The summed E-state index contributed by atoms with van der Waals surface area (Å²) in [5.74, 6) is -0.674. The summed E-state index contributed by atoms with van der Waals surface area (Å²) in [6.07, 6.45) is -2.87. The molecule has 0 unspecified atom stereocenters. The highest BCUT2D eigenvalue weighted by Crippen LogP contribution is 2.32. The van der Waals surface area contributed by atoms with Crippen molar-refractivity contribution in [2.75, 3.05) is 7.11 Å². The Kier molecular flexibility index (Phi) is 5.60. The second kappa shape index (κ2) is 7.75. The molecule has 0 bridgehead atoms. The molecule has 0 saturated carbocycles. The van der Waals surface area contributed by atoms with E-state index in [9.17, 15) is 27.9 Å². The smallest absolute Gasteiger partial charge is 0.435 e. The fourth-order valence-corrected chi connectivity index (χ4v) is 3.45. The molecule has 10 heteroatoms. The third-order valence-corrected chi connectivity index (χ3v) is 5.33. The van der Waals surface area contributed by atoms with E-state index in [0.29, 0.717) is 17.7 Å². The molecule has 0 spiro atoms. The molecule has 1 N–H and O–H groups in total. The van der Waals surface area contributed by atoms with Crippen LogP contribution < -0.4 is 10.4 Å². The van der Waals surface area contributed by atoms with E-state index in [1.165, 1.54) is 27.2 Å². The van der Waals surface area contributed by atoms with Crippen molar-refractivity contribution in [3.8, 4) is 5.75 Å². The minimum atomic E-state index is -4.75. The van der Waals surface area contributed by atoms with E-state index >= 15 is 0 Å². The molecule has 31 heavy (non-hydrogen) atoms. The van der Waals surface area contributed by atoms with Gasteiger partial charge in [0.05, 0.1) is 12.8 Å². The maximum Gasteiger partial charge on any atom is 0.435 e. The number of carbonyl (C=O) groups is 1. The van der Waals surface area contributed by atoms with Crippen molar-refractivity contribution in [1.82, 2.24) is 14.0 Å². The zero-order chi connectivity index (χ0) is 23.1. The van der Waals surface area contributed by atoms with Gasteiger partial charge in [0.2, 0.25) is 0 Å². The van der Waals surface area contributed by atoms with Crippen molar-refractivity contribution in [2.24, 2.45) is 0 Å². The van der Waals surface area contributed by atoms with Gasteiger partial charge in [0.15, 0.2) is 5.69 Å². The van der Waals surface area contributed by atoms with Gasteiger partial charge in [-0.25, -0.2) is 19.0 Å². The Bertz CT molecular complexity index is 1210. The van der Waals surface area contributed by atoms with Crippen LogP contribution in [0.3, 0.4) is 0 Å². The number of fused-ring (bicyclic) bond motifs is 1. The summed E-state index contributed by atoms with van der Waals surface area (Å²) in [5.41, 5.74) is -3.14. The van der Waals surface area contributed by atoms with Gasteiger partial charge < -0.3 is 9.84 Å². The summed E-state index contributed by atoms with van der Waals surface area (Å²) in [7, 11) is 1.51. The van der Waals surface area contributed by atoms with Crippen LogP contribution in [0.2, 0.25) is 0 Å². The van der Waals surface area contributed by atoms with Crippen LogP contribution in [0.15, 0.2) is 35.3 Å². The zero-order valence-corrected chi connectivity index (χ0v) is 17.4. The van der Waals surface area contributed by atoms with Gasteiger partial charge in [-0.05, 0) is 45.2 Å². The van der Waals surface area contributed by atoms with Crippen LogP contribution in [-0.4, -0.2) is 32.1 Å². The molecule has 0 saturated heterocycles. The monoisotopic (exact) mass is 437 g/mol. The quantitative estimate of drug-likeness (QED) is 0.639. The predicted octanol–water partition coefficient (Wildman–Crippen LogP) is 3.44. The number of rotatable bonds is 6. The Morgan fingerprint density at radius 3 is 2.35 bits per heavy atom. The van der Waals surface area contributed by atoms with Gasteiger partial charge in [-0.15, -0.1) is 0 Å². The molecular formula is C21H22F3N3O4.